The Balaban J connectivity index is 1.83. The number of piperidine rings is 1. The molecule has 94 valence electrons. The molecule has 1 N–H and O–H groups in total. The molecule has 1 saturated heterocycles. The number of hydrogen-bond acceptors (Lipinski definition) is 3. The van der Waals surface area contributed by atoms with Gasteiger partial charge in [0, 0.05) is 23.9 Å². The van der Waals surface area contributed by atoms with Gasteiger partial charge in [-0.15, -0.1) is 0 Å². The zero-order valence-corrected chi connectivity index (χ0v) is 11.7. The number of rotatable bonds is 3. The van der Waals surface area contributed by atoms with E-state index in [-0.39, 0.29) is 0 Å². The fourth-order valence-electron chi connectivity index (χ4n) is 3.40. The predicted octanol–water partition coefficient (Wildman–Crippen LogP) is 2.20. The molecule has 1 heterocycles. The average Bonchev–Trinajstić information content (AvgIpc) is 2.77. The molecule has 0 radical (unpaired) electrons. The zero-order valence-electron chi connectivity index (χ0n) is 10.9. The highest BCUT2D eigenvalue weighted by atomic mass is 32.2. The Bertz CT molecular complexity index is 222. The van der Waals surface area contributed by atoms with Crippen LogP contribution in [0.4, 0.5) is 0 Å². The van der Waals surface area contributed by atoms with Crippen LogP contribution in [-0.2, 0) is 0 Å². The molecule has 0 spiro atoms. The molecule has 4 unspecified atom stereocenters. The molecule has 0 aromatic heterocycles. The predicted molar refractivity (Wildman–Crippen MR) is 73.1 cm³/mol. The van der Waals surface area contributed by atoms with E-state index in [0.717, 1.165) is 23.3 Å². The Morgan fingerprint density at radius 3 is 2.62 bits per heavy atom. The average molecular weight is 242 g/mol. The number of nitrogens with one attached hydrogen (secondary N) is 1. The normalized spacial score (nSPS) is 41.4. The summed E-state index contributed by atoms with van der Waals surface area (Å²) in [6.45, 7) is 5.01. The first-order valence-corrected chi connectivity index (χ1v) is 7.97. The van der Waals surface area contributed by atoms with Crippen LogP contribution in [0.5, 0.6) is 0 Å². The standard InChI is InChI=1S/C13H26N2S/c1-10-9-15(7-6-13(10)14-2)11-4-5-12(8-11)16-3/h10-14H,4-9H2,1-3H3. The van der Waals surface area contributed by atoms with Gasteiger partial charge in [0.15, 0.2) is 0 Å². The van der Waals surface area contributed by atoms with Gasteiger partial charge in [0.25, 0.3) is 0 Å². The topological polar surface area (TPSA) is 15.3 Å². The highest BCUT2D eigenvalue weighted by Crippen LogP contribution is 2.33. The minimum Gasteiger partial charge on any atom is -0.317 e. The van der Waals surface area contributed by atoms with Crippen molar-refractivity contribution in [3.8, 4) is 0 Å². The quantitative estimate of drug-likeness (QED) is 0.817. The minimum atomic E-state index is 0.744. The molecule has 3 heteroatoms. The second kappa shape index (κ2) is 5.74. The van der Waals surface area contributed by atoms with Crippen molar-refractivity contribution in [3.05, 3.63) is 0 Å². The summed E-state index contributed by atoms with van der Waals surface area (Å²) in [4.78, 5) is 2.76. The SMILES string of the molecule is CNC1CCN(C2CCC(SC)C2)CC1C. The zero-order chi connectivity index (χ0) is 11.5. The highest BCUT2D eigenvalue weighted by Gasteiger charge is 2.33. The summed E-state index contributed by atoms with van der Waals surface area (Å²) in [5.41, 5.74) is 0. The summed E-state index contributed by atoms with van der Waals surface area (Å²) in [6.07, 6.45) is 7.90. The van der Waals surface area contributed by atoms with Gasteiger partial charge in [-0.1, -0.05) is 6.92 Å². The molecule has 4 atom stereocenters. The maximum absolute atomic E-state index is 3.45. The summed E-state index contributed by atoms with van der Waals surface area (Å²) in [5, 5.41) is 4.39. The van der Waals surface area contributed by atoms with E-state index in [2.05, 4.69) is 42.2 Å². The van der Waals surface area contributed by atoms with E-state index in [0.29, 0.717) is 0 Å². The van der Waals surface area contributed by atoms with Crippen LogP contribution in [-0.4, -0.2) is 48.6 Å². The third kappa shape index (κ3) is 2.74. The maximum Gasteiger partial charge on any atom is 0.0114 e. The molecule has 2 aliphatic rings. The molecule has 1 aliphatic heterocycles. The Morgan fingerprint density at radius 2 is 2.06 bits per heavy atom. The van der Waals surface area contributed by atoms with Gasteiger partial charge in [0.05, 0.1) is 0 Å². The summed E-state index contributed by atoms with van der Waals surface area (Å²) >= 11 is 2.07. The molecule has 2 rings (SSSR count). The summed E-state index contributed by atoms with van der Waals surface area (Å²) in [5.74, 6) is 0.812. The lowest BCUT2D eigenvalue weighted by Gasteiger charge is -2.40. The molecule has 2 fully saturated rings. The van der Waals surface area contributed by atoms with E-state index in [1.165, 1.54) is 38.8 Å². The first-order valence-electron chi connectivity index (χ1n) is 6.68. The van der Waals surface area contributed by atoms with Gasteiger partial charge in [-0.05, 0) is 51.4 Å². The molecule has 0 bridgehead atoms. The van der Waals surface area contributed by atoms with Crippen LogP contribution in [0.2, 0.25) is 0 Å². The van der Waals surface area contributed by atoms with Crippen molar-refractivity contribution in [2.45, 2.75) is 49.9 Å². The van der Waals surface area contributed by atoms with Crippen molar-refractivity contribution in [2.75, 3.05) is 26.4 Å². The maximum atomic E-state index is 3.45. The van der Waals surface area contributed by atoms with Crippen molar-refractivity contribution in [2.24, 2.45) is 5.92 Å². The van der Waals surface area contributed by atoms with Crippen molar-refractivity contribution < 1.29 is 0 Å². The van der Waals surface area contributed by atoms with Gasteiger partial charge in [-0.2, -0.15) is 11.8 Å². The molecule has 1 saturated carbocycles. The van der Waals surface area contributed by atoms with Crippen LogP contribution < -0.4 is 5.32 Å². The second-order valence-corrected chi connectivity index (χ2v) is 6.62. The molecule has 1 aliphatic carbocycles. The van der Waals surface area contributed by atoms with E-state index in [9.17, 15) is 0 Å². The first-order chi connectivity index (χ1) is 7.74. The summed E-state index contributed by atoms with van der Waals surface area (Å²) in [6, 6.07) is 1.63. The molecular formula is C13H26N2S. The lowest BCUT2D eigenvalue weighted by atomic mass is 9.93. The Labute approximate surface area is 105 Å². The summed E-state index contributed by atoms with van der Waals surface area (Å²) in [7, 11) is 2.11. The largest absolute Gasteiger partial charge is 0.317 e. The smallest absolute Gasteiger partial charge is 0.0114 e. The van der Waals surface area contributed by atoms with Crippen molar-refractivity contribution in [3.63, 3.8) is 0 Å². The lowest BCUT2D eigenvalue weighted by Crippen LogP contribution is -2.50. The number of hydrogen-bond donors (Lipinski definition) is 1. The number of likely N-dealkylation sites (tertiary alicyclic amines) is 1. The van der Waals surface area contributed by atoms with E-state index in [1.54, 1.807) is 0 Å². The molecule has 0 aromatic carbocycles. The van der Waals surface area contributed by atoms with Crippen molar-refractivity contribution in [1.29, 1.82) is 0 Å². The molecule has 0 amide bonds. The van der Waals surface area contributed by atoms with Crippen LogP contribution in [0, 0.1) is 5.92 Å². The van der Waals surface area contributed by atoms with E-state index in [1.807, 2.05) is 0 Å². The van der Waals surface area contributed by atoms with Gasteiger partial charge >= 0.3 is 0 Å². The van der Waals surface area contributed by atoms with Gasteiger partial charge in [-0.3, -0.25) is 4.90 Å². The van der Waals surface area contributed by atoms with Gasteiger partial charge in [0.2, 0.25) is 0 Å². The van der Waals surface area contributed by atoms with Gasteiger partial charge < -0.3 is 5.32 Å². The fraction of sp³-hybridized carbons (Fsp3) is 1.00. The molecule has 0 aromatic rings. The monoisotopic (exact) mass is 242 g/mol. The minimum absolute atomic E-state index is 0.744. The van der Waals surface area contributed by atoms with Crippen LogP contribution in [0.1, 0.15) is 32.6 Å². The van der Waals surface area contributed by atoms with Gasteiger partial charge in [0.1, 0.15) is 0 Å². The van der Waals surface area contributed by atoms with Crippen LogP contribution in [0.25, 0.3) is 0 Å². The number of nitrogens with zero attached hydrogens (tertiary/aromatic N) is 1. The summed E-state index contributed by atoms with van der Waals surface area (Å²) < 4.78 is 0. The lowest BCUT2D eigenvalue weighted by molar-refractivity contribution is 0.109. The highest BCUT2D eigenvalue weighted by molar-refractivity contribution is 7.99. The van der Waals surface area contributed by atoms with Crippen LogP contribution in [0.3, 0.4) is 0 Å². The third-order valence-electron chi connectivity index (χ3n) is 4.51. The van der Waals surface area contributed by atoms with Crippen LogP contribution >= 0.6 is 11.8 Å². The Hall–Kier alpha value is 0.270. The Kier molecular flexibility index (Phi) is 4.57. The van der Waals surface area contributed by atoms with E-state index >= 15 is 0 Å². The Morgan fingerprint density at radius 1 is 1.25 bits per heavy atom. The van der Waals surface area contributed by atoms with Crippen molar-refractivity contribution in [1.82, 2.24) is 10.2 Å². The van der Waals surface area contributed by atoms with Gasteiger partial charge in [-0.25, -0.2) is 0 Å². The first kappa shape index (κ1) is 12.7. The molecular weight excluding hydrogens is 216 g/mol. The fourth-order valence-corrected chi connectivity index (χ4v) is 4.19. The van der Waals surface area contributed by atoms with Crippen molar-refractivity contribution >= 4 is 11.8 Å². The van der Waals surface area contributed by atoms with E-state index < -0.39 is 0 Å². The molecule has 2 nitrogen and oxygen atoms in total. The number of thioether (sulfide) groups is 1. The third-order valence-corrected chi connectivity index (χ3v) is 5.61. The second-order valence-electron chi connectivity index (χ2n) is 5.48. The van der Waals surface area contributed by atoms with E-state index in [4.69, 9.17) is 0 Å². The van der Waals surface area contributed by atoms with Crippen LogP contribution in [0.15, 0.2) is 0 Å². The molecule has 16 heavy (non-hydrogen) atoms.